The summed E-state index contributed by atoms with van der Waals surface area (Å²) in [5.74, 6) is 0. The van der Waals surface area contributed by atoms with Crippen LogP contribution in [0.25, 0.3) is 0 Å². The topological polar surface area (TPSA) is 86.9 Å². The van der Waals surface area contributed by atoms with Gasteiger partial charge < -0.3 is 5.32 Å². The average molecular weight is 300 g/mol. The molecule has 2 aromatic heterocycles. The van der Waals surface area contributed by atoms with E-state index in [2.05, 4.69) is 20.2 Å². The molecule has 0 saturated heterocycles. The Labute approximate surface area is 116 Å². The number of rotatable bonds is 5. The maximum absolute atomic E-state index is 12.3. The molecule has 0 atom stereocenters. The summed E-state index contributed by atoms with van der Waals surface area (Å²) >= 11 is 1.25. The van der Waals surface area contributed by atoms with Gasteiger partial charge >= 0.3 is 0 Å². The third-order valence-corrected chi connectivity index (χ3v) is 5.54. The van der Waals surface area contributed by atoms with Crippen molar-refractivity contribution < 1.29 is 8.42 Å². The van der Waals surface area contributed by atoms with Gasteiger partial charge in [-0.2, -0.15) is 5.10 Å². The van der Waals surface area contributed by atoms with Crippen molar-refractivity contribution in [3.63, 3.8) is 0 Å². The molecule has 0 aromatic carbocycles. The van der Waals surface area contributed by atoms with Gasteiger partial charge in [0, 0.05) is 11.4 Å². The zero-order valence-electron chi connectivity index (χ0n) is 10.9. The third kappa shape index (κ3) is 2.96. The van der Waals surface area contributed by atoms with Crippen LogP contribution < -0.4 is 10.0 Å². The first-order chi connectivity index (χ1) is 8.94. The van der Waals surface area contributed by atoms with E-state index in [4.69, 9.17) is 0 Å². The first-order valence-corrected chi connectivity index (χ1v) is 8.01. The second-order valence-corrected chi connectivity index (χ2v) is 7.24. The number of hydrogen-bond donors (Lipinski definition) is 3. The summed E-state index contributed by atoms with van der Waals surface area (Å²) in [6.45, 7) is 4.19. The van der Waals surface area contributed by atoms with Crippen LogP contribution >= 0.6 is 11.3 Å². The summed E-state index contributed by atoms with van der Waals surface area (Å²) < 4.78 is 27.4. The highest BCUT2D eigenvalue weighted by Crippen LogP contribution is 2.26. The molecule has 104 valence electrons. The molecule has 0 radical (unpaired) electrons. The molecule has 0 spiro atoms. The van der Waals surface area contributed by atoms with Gasteiger partial charge in [0.25, 0.3) is 10.0 Å². The molecule has 2 aromatic rings. The Hall–Kier alpha value is -1.38. The van der Waals surface area contributed by atoms with Gasteiger partial charge in [-0.3, -0.25) is 9.82 Å². The molecule has 8 heteroatoms. The molecule has 0 aliphatic rings. The summed E-state index contributed by atoms with van der Waals surface area (Å²) in [5.41, 5.74) is 1.85. The van der Waals surface area contributed by atoms with E-state index >= 15 is 0 Å². The molecule has 0 amide bonds. The molecular formula is C11H16N4O2S2. The van der Waals surface area contributed by atoms with E-state index in [0.29, 0.717) is 27.8 Å². The zero-order chi connectivity index (χ0) is 14.0. The molecule has 0 fully saturated rings. The highest BCUT2D eigenvalue weighted by atomic mass is 32.2. The zero-order valence-corrected chi connectivity index (χ0v) is 12.6. The minimum Gasteiger partial charge on any atom is -0.315 e. The largest absolute Gasteiger partial charge is 0.315 e. The smallest absolute Gasteiger partial charge is 0.271 e. The monoisotopic (exact) mass is 300 g/mol. The lowest BCUT2D eigenvalue weighted by Crippen LogP contribution is -2.12. The quantitative estimate of drug-likeness (QED) is 0.783. The number of nitrogens with zero attached hydrogens (tertiary/aromatic N) is 1. The second-order valence-electron chi connectivity index (χ2n) is 4.17. The van der Waals surface area contributed by atoms with Crippen LogP contribution in [0.3, 0.4) is 0 Å². The summed E-state index contributed by atoms with van der Waals surface area (Å²) in [4.78, 5) is 0.975. The highest BCUT2D eigenvalue weighted by Gasteiger charge is 2.19. The number of aryl methyl sites for hydroxylation is 2. The average Bonchev–Trinajstić information content (AvgIpc) is 2.92. The maximum Gasteiger partial charge on any atom is 0.271 e. The molecular weight excluding hydrogens is 284 g/mol. The summed E-state index contributed by atoms with van der Waals surface area (Å²) in [5, 5.41) is 9.72. The first kappa shape index (κ1) is 14.0. The van der Waals surface area contributed by atoms with Gasteiger partial charge in [0.15, 0.2) is 0 Å². The van der Waals surface area contributed by atoms with Crippen molar-refractivity contribution in [2.24, 2.45) is 0 Å². The molecule has 0 aliphatic heterocycles. The normalized spacial score (nSPS) is 11.7. The lowest BCUT2D eigenvalue weighted by molar-refractivity contribution is 0.603. The predicted molar refractivity (Wildman–Crippen MR) is 76.0 cm³/mol. The van der Waals surface area contributed by atoms with Gasteiger partial charge in [0.05, 0.1) is 17.1 Å². The van der Waals surface area contributed by atoms with Crippen molar-refractivity contribution in [2.45, 2.75) is 24.6 Å². The highest BCUT2D eigenvalue weighted by molar-refractivity contribution is 7.94. The molecule has 0 saturated carbocycles. The van der Waals surface area contributed by atoms with E-state index in [1.54, 1.807) is 19.9 Å². The van der Waals surface area contributed by atoms with Gasteiger partial charge in [0.1, 0.15) is 4.21 Å². The SMILES string of the molecule is CNCc1ccc(S(=O)(=O)Nc2c(C)n[nH]c2C)s1. The Morgan fingerprint density at radius 3 is 2.68 bits per heavy atom. The number of sulfonamides is 1. The van der Waals surface area contributed by atoms with Crippen LogP contribution in [0.1, 0.15) is 16.3 Å². The van der Waals surface area contributed by atoms with Crippen LogP contribution in [-0.2, 0) is 16.6 Å². The Morgan fingerprint density at radius 1 is 1.37 bits per heavy atom. The van der Waals surface area contributed by atoms with E-state index in [1.807, 2.05) is 13.1 Å². The predicted octanol–water partition coefficient (Wildman–Crippen LogP) is 1.61. The fraction of sp³-hybridized carbons (Fsp3) is 0.364. The summed E-state index contributed by atoms with van der Waals surface area (Å²) in [7, 11) is -1.72. The Morgan fingerprint density at radius 2 is 2.11 bits per heavy atom. The number of aromatic amines is 1. The van der Waals surface area contributed by atoms with E-state index in [1.165, 1.54) is 11.3 Å². The molecule has 2 heterocycles. The van der Waals surface area contributed by atoms with Gasteiger partial charge in [-0.25, -0.2) is 8.42 Å². The number of thiophene rings is 1. The molecule has 19 heavy (non-hydrogen) atoms. The van der Waals surface area contributed by atoms with E-state index < -0.39 is 10.0 Å². The van der Waals surface area contributed by atoms with Gasteiger partial charge in [0.2, 0.25) is 0 Å². The Bertz CT molecular complexity index is 653. The van der Waals surface area contributed by atoms with E-state index in [-0.39, 0.29) is 0 Å². The molecule has 6 nitrogen and oxygen atoms in total. The van der Waals surface area contributed by atoms with Crippen LogP contribution in [0.5, 0.6) is 0 Å². The minimum atomic E-state index is -3.54. The van der Waals surface area contributed by atoms with E-state index in [9.17, 15) is 8.42 Å². The second kappa shape index (κ2) is 5.32. The van der Waals surface area contributed by atoms with Gasteiger partial charge in [-0.15, -0.1) is 11.3 Å². The van der Waals surface area contributed by atoms with Crippen LogP contribution in [0.2, 0.25) is 0 Å². The summed E-state index contributed by atoms with van der Waals surface area (Å²) in [6, 6.07) is 3.43. The summed E-state index contributed by atoms with van der Waals surface area (Å²) in [6.07, 6.45) is 0. The van der Waals surface area contributed by atoms with Crippen molar-refractivity contribution in [1.82, 2.24) is 15.5 Å². The first-order valence-electron chi connectivity index (χ1n) is 5.71. The van der Waals surface area contributed by atoms with Gasteiger partial charge in [-0.1, -0.05) is 0 Å². The molecule has 0 unspecified atom stereocenters. The fourth-order valence-corrected chi connectivity index (χ4v) is 4.21. The number of aromatic nitrogens is 2. The molecule has 0 aliphatic carbocycles. The van der Waals surface area contributed by atoms with Crippen LogP contribution in [0, 0.1) is 13.8 Å². The lowest BCUT2D eigenvalue weighted by atomic mass is 10.3. The van der Waals surface area contributed by atoms with Crippen molar-refractivity contribution in [2.75, 3.05) is 11.8 Å². The number of H-pyrrole nitrogens is 1. The molecule has 0 bridgehead atoms. The minimum absolute atomic E-state index is 0.303. The van der Waals surface area contributed by atoms with Crippen LogP contribution in [0.4, 0.5) is 5.69 Å². The van der Waals surface area contributed by atoms with Gasteiger partial charge in [-0.05, 0) is 33.0 Å². The van der Waals surface area contributed by atoms with E-state index in [0.717, 1.165) is 4.88 Å². The number of nitrogens with one attached hydrogen (secondary N) is 3. The Kier molecular flexibility index (Phi) is 3.93. The van der Waals surface area contributed by atoms with Crippen molar-refractivity contribution in [3.8, 4) is 0 Å². The van der Waals surface area contributed by atoms with Crippen molar-refractivity contribution in [3.05, 3.63) is 28.4 Å². The molecule has 2 rings (SSSR count). The number of anilines is 1. The van der Waals surface area contributed by atoms with Crippen molar-refractivity contribution >= 4 is 27.0 Å². The van der Waals surface area contributed by atoms with Crippen molar-refractivity contribution in [1.29, 1.82) is 0 Å². The maximum atomic E-state index is 12.3. The van der Waals surface area contributed by atoms with Crippen LogP contribution in [-0.4, -0.2) is 25.7 Å². The number of hydrogen-bond acceptors (Lipinski definition) is 5. The lowest BCUT2D eigenvalue weighted by Gasteiger charge is -2.05. The van der Waals surface area contributed by atoms with Crippen LogP contribution in [0.15, 0.2) is 16.3 Å². The third-order valence-electron chi connectivity index (χ3n) is 2.62. The standard InChI is InChI=1S/C11H16N4O2S2/c1-7-11(8(2)14-13-7)15-19(16,17)10-5-4-9(18-10)6-12-3/h4-5,12,15H,6H2,1-3H3,(H,13,14). The Balaban J connectivity index is 2.27. The molecule has 3 N–H and O–H groups in total. The fourth-order valence-electron chi connectivity index (χ4n) is 1.66.